The molecule has 8 heteroatoms. The van der Waals surface area contributed by atoms with Crippen molar-refractivity contribution in [2.75, 3.05) is 5.32 Å². The highest BCUT2D eigenvalue weighted by atomic mass is 32.1. The molecule has 1 atom stereocenters. The molecule has 1 aliphatic rings. The number of carbonyl (C=O) groups is 2. The van der Waals surface area contributed by atoms with E-state index >= 15 is 0 Å². The Morgan fingerprint density at radius 2 is 1.65 bits per heavy atom. The van der Waals surface area contributed by atoms with E-state index in [1.807, 2.05) is 49.4 Å². The lowest BCUT2D eigenvalue weighted by molar-refractivity contribution is -0.113. The molecule has 4 aromatic rings. The SMILES string of the molecule is CC1=C(C(=O)Nc2ccccc2)[C@H](c2ccc(C)cc2)n2c(s/c(=C\c3ccc(C(=O)O)cc3)c2=O)=N1. The number of aromatic carboxylic acids is 1. The molecule has 7 nitrogen and oxygen atoms in total. The second-order valence-electron chi connectivity index (χ2n) is 8.74. The van der Waals surface area contributed by atoms with Crippen LogP contribution >= 0.6 is 11.3 Å². The average molecular weight is 510 g/mol. The Kier molecular flexibility index (Phi) is 6.42. The van der Waals surface area contributed by atoms with Gasteiger partial charge in [0.2, 0.25) is 0 Å². The van der Waals surface area contributed by atoms with Gasteiger partial charge in [-0.15, -0.1) is 0 Å². The van der Waals surface area contributed by atoms with Gasteiger partial charge in [0.15, 0.2) is 4.80 Å². The van der Waals surface area contributed by atoms with Crippen LogP contribution in [0.2, 0.25) is 0 Å². The molecule has 2 heterocycles. The van der Waals surface area contributed by atoms with Gasteiger partial charge in [-0.05, 0) is 55.3 Å². The molecular weight excluding hydrogens is 486 g/mol. The van der Waals surface area contributed by atoms with Gasteiger partial charge in [-0.25, -0.2) is 9.79 Å². The zero-order valence-electron chi connectivity index (χ0n) is 20.1. The summed E-state index contributed by atoms with van der Waals surface area (Å²) in [4.78, 5) is 43.6. The number of carboxylic acids is 1. The predicted octanol–water partition coefficient (Wildman–Crippen LogP) is 3.88. The summed E-state index contributed by atoms with van der Waals surface area (Å²) in [6.07, 6.45) is 1.71. The summed E-state index contributed by atoms with van der Waals surface area (Å²) in [5.41, 5.74) is 4.05. The third-order valence-corrected chi connectivity index (χ3v) is 7.13. The smallest absolute Gasteiger partial charge is 0.335 e. The molecule has 0 spiro atoms. The Morgan fingerprint density at radius 3 is 2.30 bits per heavy atom. The maximum atomic E-state index is 13.7. The van der Waals surface area contributed by atoms with Gasteiger partial charge in [-0.2, -0.15) is 0 Å². The molecule has 1 amide bonds. The van der Waals surface area contributed by atoms with Gasteiger partial charge in [-0.3, -0.25) is 14.2 Å². The van der Waals surface area contributed by atoms with Crippen molar-refractivity contribution in [3.8, 4) is 0 Å². The number of benzene rings is 3. The topological polar surface area (TPSA) is 101 Å². The van der Waals surface area contributed by atoms with E-state index in [-0.39, 0.29) is 17.0 Å². The highest BCUT2D eigenvalue weighted by Gasteiger charge is 2.32. The minimum absolute atomic E-state index is 0.169. The number of aromatic nitrogens is 1. The molecule has 0 unspecified atom stereocenters. The Bertz CT molecular complexity index is 1720. The summed E-state index contributed by atoms with van der Waals surface area (Å²) in [6.45, 7) is 3.76. The normalized spacial score (nSPS) is 15.2. The number of hydrogen-bond donors (Lipinski definition) is 2. The Balaban J connectivity index is 1.64. The summed E-state index contributed by atoms with van der Waals surface area (Å²) in [7, 11) is 0. The first-order valence-electron chi connectivity index (χ1n) is 11.6. The summed E-state index contributed by atoms with van der Waals surface area (Å²) in [5.74, 6) is -1.34. The highest BCUT2D eigenvalue weighted by Crippen LogP contribution is 2.31. The third-order valence-electron chi connectivity index (χ3n) is 6.15. The molecule has 0 fully saturated rings. The van der Waals surface area contributed by atoms with Gasteiger partial charge in [0, 0.05) is 5.69 Å². The zero-order valence-corrected chi connectivity index (χ0v) is 21.0. The van der Waals surface area contributed by atoms with Gasteiger partial charge in [0.25, 0.3) is 11.5 Å². The van der Waals surface area contributed by atoms with Crippen LogP contribution in [-0.4, -0.2) is 21.6 Å². The van der Waals surface area contributed by atoms with Crippen molar-refractivity contribution in [2.24, 2.45) is 4.99 Å². The van der Waals surface area contributed by atoms with Crippen molar-refractivity contribution in [3.05, 3.63) is 132 Å². The first-order chi connectivity index (χ1) is 17.8. The van der Waals surface area contributed by atoms with E-state index in [0.717, 1.165) is 11.1 Å². The molecule has 0 aliphatic carbocycles. The molecule has 0 bridgehead atoms. The van der Waals surface area contributed by atoms with Crippen LogP contribution < -0.4 is 20.2 Å². The molecular formula is C29H23N3O4S. The van der Waals surface area contributed by atoms with Crippen LogP contribution in [0.15, 0.2) is 99.9 Å². The van der Waals surface area contributed by atoms with Gasteiger partial charge in [0.1, 0.15) is 0 Å². The standard InChI is InChI=1S/C29H23N3O4S/c1-17-8-12-20(13-9-17)25-24(26(33)31-22-6-4-3-5-7-22)18(2)30-29-32(25)27(34)23(37-29)16-19-10-14-21(15-11-19)28(35)36/h3-16,25H,1-2H3,(H,31,33)(H,35,36)/b23-16-/t25-/m0/s1. The number of hydrogen-bond acceptors (Lipinski definition) is 5. The maximum Gasteiger partial charge on any atom is 0.335 e. The molecule has 184 valence electrons. The van der Waals surface area contributed by atoms with Crippen LogP contribution in [0.4, 0.5) is 5.69 Å². The van der Waals surface area contributed by atoms with Crippen molar-refractivity contribution in [1.82, 2.24) is 4.57 Å². The Labute approximate surface area is 216 Å². The fraction of sp³-hybridized carbons (Fsp3) is 0.103. The number of thiazole rings is 1. The van der Waals surface area contributed by atoms with E-state index in [1.54, 1.807) is 41.8 Å². The van der Waals surface area contributed by atoms with E-state index in [1.165, 1.54) is 23.5 Å². The zero-order chi connectivity index (χ0) is 26.1. The minimum atomic E-state index is -1.01. The van der Waals surface area contributed by atoms with Crippen molar-refractivity contribution in [2.45, 2.75) is 19.9 Å². The van der Waals surface area contributed by atoms with E-state index in [4.69, 9.17) is 5.11 Å². The minimum Gasteiger partial charge on any atom is -0.478 e. The first kappa shape index (κ1) is 24.1. The van der Waals surface area contributed by atoms with Crippen molar-refractivity contribution in [1.29, 1.82) is 0 Å². The molecule has 3 aromatic carbocycles. The van der Waals surface area contributed by atoms with Crippen LogP contribution in [0.5, 0.6) is 0 Å². The molecule has 37 heavy (non-hydrogen) atoms. The largest absolute Gasteiger partial charge is 0.478 e. The third kappa shape index (κ3) is 4.79. The van der Waals surface area contributed by atoms with E-state index in [2.05, 4.69) is 10.3 Å². The summed E-state index contributed by atoms with van der Waals surface area (Å²) in [6, 6.07) is 22.6. The summed E-state index contributed by atoms with van der Waals surface area (Å²) in [5, 5.41) is 12.1. The lowest BCUT2D eigenvalue weighted by atomic mass is 9.94. The van der Waals surface area contributed by atoms with Gasteiger partial charge in [-0.1, -0.05) is 71.5 Å². The first-order valence-corrected chi connectivity index (χ1v) is 12.4. The lowest BCUT2D eigenvalue weighted by Crippen LogP contribution is -2.40. The number of nitrogens with one attached hydrogen (secondary N) is 1. The maximum absolute atomic E-state index is 13.7. The van der Waals surface area contributed by atoms with Crippen molar-refractivity contribution < 1.29 is 14.7 Å². The lowest BCUT2D eigenvalue weighted by Gasteiger charge is -2.25. The van der Waals surface area contributed by atoms with E-state index in [9.17, 15) is 14.4 Å². The number of amides is 1. The molecule has 0 radical (unpaired) electrons. The van der Waals surface area contributed by atoms with Crippen LogP contribution in [0.3, 0.4) is 0 Å². The summed E-state index contributed by atoms with van der Waals surface area (Å²) >= 11 is 1.24. The van der Waals surface area contributed by atoms with Gasteiger partial charge < -0.3 is 10.4 Å². The Hall–Kier alpha value is -4.56. The van der Waals surface area contributed by atoms with E-state index < -0.39 is 12.0 Å². The fourth-order valence-electron chi connectivity index (χ4n) is 4.27. The number of anilines is 1. The molecule has 0 saturated heterocycles. The highest BCUT2D eigenvalue weighted by molar-refractivity contribution is 7.07. The number of aryl methyl sites for hydroxylation is 1. The van der Waals surface area contributed by atoms with Crippen LogP contribution in [0.1, 0.15) is 40.0 Å². The number of carbonyl (C=O) groups excluding carboxylic acids is 1. The second-order valence-corrected chi connectivity index (χ2v) is 9.75. The summed E-state index contributed by atoms with van der Waals surface area (Å²) < 4.78 is 2.01. The monoisotopic (exact) mass is 509 g/mol. The van der Waals surface area contributed by atoms with Crippen molar-refractivity contribution in [3.63, 3.8) is 0 Å². The number of fused-ring (bicyclic) bond motifs is 1. The Morgan fingerprint density at radius 1 is 0.973 bits per heavy atom. The molecule has 0 saturated carbocycles. The second kappa shape index (κ2) is 9.83. The fourth-order valence-corrected chi connectivity index (χ4v) is 5.32. The van der Waals surface area contributed by atoms with Gasteiger partial charge in [0.05, 0.1) is 27.4 Å². The molecule has 1 aromatic heterocycles. The van der Waals surface area contributed by atoms with Gasteiger partial charge >= 0.3 is 5.97 Å². The van der Waals surface area contributed by atoms with Crippen LogP contribution in [0, 0.1) is 6.92 Å². The van der Waals surface area contributed by atoms with Crippen molar-refractivity contribution >= 4 is 35.0 Å². The number of rotatable bonds is 5. The van der Waals surface area contributed by atoms with Crippen LogP contribution in [0.25, 0.3) is 6.08 Å². The number of para-hydroxylation sites is 1. The molecule has 5 rings (SSSR count). The quantitative estimate of drug-likeness (QED) is 0.426. The number of nitrogens with zero attached hydrogens (tertiary/aromatic N) is 2. The van der Waals surface area contributed by atoms with E-state index in [0.29, 0.717) is 31.9 Å². The molecule has 2 N–H and O–H groups in total. The predicted molar refractivity (Wildman–Crippen MR) is 143 cm³/mol. The van der Waals surface area contributed by atoms with Crippen LogP contribution in [-0.2, 0) is 4.79 Å². The number of carboxylic acid groups (broad SMARTS) is 1. The number of allylic oxidation sites excluding steroid dienone is 1. The average Bonchev–Trinajstić information content (AvgIpc) is 3.18. The molecule has 1 aliphatic heterocycles.